The minimum atomic E-state index is -0.520. The smallest absolute Gasteiger partial charge is 0.407 e. The Balaban J connectivity index is 2.43. The number of hydrogen-bond donors (Lipinski definition) is 2. The van der Waals surface area contributed by atoms with E-state index in [0.29, 0.717) is 19.5 Å². The number of hydrogen-bond acceptors (Lipinski definition) is 5. The topological polar surface area (TPSA) is 76.7 Å². The van der Waals surface area contributed by atoms with Crippen molar-refractivity contribution in [2.45, 2.75) is 38.8 Å². The van der Waals surface area contributed by atoms with Gasteiger partial charge in [-0.25, -0.2) is 4.79 Å². The van der Waals surface area contributed by atoms with Gasteiger partial charge in [0.05, 0.1) is 13.0 Å². The average Bonchev–Trinajstić information content (AvgIpc) is 2.25. The van der Waals surface area contributed by atoms with Gasteiger partial charge in [-0.05, 0) is 27.2 Å². The van der Waals surface area contributed by atoms with Gasteiger partial charge in [0.25, 0.3) is 0 Å². The van der Waals surface area contributed by atoms with Crippen molar-refractivity contribution in [3.63, 3.8) is 0 Å². The summed E-state index contributed by atoms with van der Waals surface area (Å²) in [6, 6.07) is -0.113. The van der Waals surface area contributed by atoms with Crippen LogP contribution in [0.1, 0.15) is 27.2 Å². The van der Waals surface area contributed by atoms with E-state index in [9.17, 15) is 9.59 Å². The number of esters is 1. The fourth-order valence-corrected chi connectivity index (χ4v) is 1.87. The van der Waals surface area contributed by atoms with Crippen molar-refractivity contribution < 1.29 is 19.1 Å². The lowest BCUT2D eigenvalue weighted by molar-refractivity contribution is -0.146. The highest BCUT2D eigenvalue weighted by Crippen LogP contribution is 2.13. The van der Waals surface area contributed by atoms with Gasteiger partial charge in [0.1, 0.15) is 5.60 Å². The van der Waals surface area contributed by atoms with Gasteiger partial charge in [-0.3, -0.25) is 4.79 Å². The van der Waals surface area contributed by atoms with E-state index in [0.717, 1.165) is 0 Å². The molecule has 0 radical (unpaired) electrons. The lowest BCUT2D eigenvalue weighted by Crippen LogP contribution is -2.51. The van der Waals surface area contributed by atoms with E-state index in [1.54, 1.807) is 0 Å². The summed E-state index contributed by atoms with van der Waals surface area (Å²) in [5.74, 6) is -0.470. The highest BCUT2D eigenvalue weighted by Gasteiger charge is 2.29. The standard InChI is InChI=1S/C12H22N2O4/c1-12(2,3)18-11(16)14-9-5-8(6-13-7-9)10(15)17-4/h8-9,13H,5-7H2,1-4H3,(H,14,16)/t8-,9+/m1/s1. The fraction of sp³-hybridized carbons (Fsp3) is 0.833. The number of amides is 1. The molecule has 1 heterocycles. The molecule has 1 fully saturated rings. The summed E-state index contributed by atoms with van der Waals surface area (Å²) in [5.41, 5.74) is -0.520. The summed E-state index contributed by atoms with van der Waals surface area (Å²) >= 11 is 0. The highest BCUT2D eigenvalue weighted by atomic mass is 16.6. The molecule has 0 bridgehead atoms. The van der Waals surface area contributed by atoms with Crippen molar-refractivity contribution in [3.05, 3.63) is 0 Å². The van der Waals surface area contributed by atoms with Crippen molar-refractivity contribution in [1.82, 2.24) is 10.6 Å². The van der Waals surface area contributed by atoms with Crippen LogP contribution in [0.15, 0.2) is 0 Å². The van der Waals surface area contributed by atoms with Crippen LogP contribution in [0.25, 0.3) is 0 Å². The molecule has 1 rings (SSSR count). The van der Waals surface area contributed by atoms with Crippen LogP contribution in [0, 0.1) is 5.92 Å². The van der Waals surface area contributed by atoms with E-state index in [1.807, 2.05) is 20.8 Å². The number of alkyl carbamates (subject to hydrolysis) is 1. The first-order valence-electron chi connectivity index (χ1n) is 6.10. The van der Waals surface area contributed by atoms with E-state index in [1.165, 1.54) is 7.11 Å². The zero-order valence-electron chi connectivity index (χ0n) is 11.4. The first-order valence-corrected chi connectivity index (χ1v) is 6.10. The number of piperidine rings is 1. The summed E-state index contributed by atoms with van der Waals surface area (Å²) < 4.78 is 9.87. The summed E-state index contributed by atoms with van der Waals surface area (Å²) in [7, 11) is 1.37. The first-order chi connectivity index (χ1) is 8.31. The number of carbonyl (C=O) groups excluding carboxylic acids is 2. The molecule has 1 amide bonds. The summed E-state index contributed by atoms with van der Waals surface area (Å²) in [6.45, 7) is 6.64. The molecule has 1 saturated heterocycles. The third-order valence-electron chi connectivity index (χ3n) is 2.61. The zero-order valence-corrected chi connectivity index (χ0v) is 11.4. The monoisotopic (exact) mass is 258 g/mol. The first kappa shape index (κ1) is 14.8. The van der Waals surface area contributed by atoms with Crippen molar-refractivity contribution >= 4 is 12.1 Å². The molecule has 6 nitrogen and oxygen atoms in total. The van der Waals surface area contributed by atoms with Crippen molar-refractivity contribution in [3.8, 4) is 0 Å². The van der Waals surface area contributed by atoms with Crippen LogP contribution < -0.4 is 10.6 Å². The van der Waals surface area contributed by atoms with Gasteiger partial charge in [0.15, 0.2) is 0 Å². The summed E-state index contributed by atoms with van der Waals surface area (Å²) in [4.78, 5) is 23.0. The zero-order chi connectivity index (χ0) is 13.8. The molecule has 0 spiro atoms. The second-order valence-electron chi connectivity index (χ2n) is 5.46. The number of methoxy groups -OCH3 is 1. The van der Waals surface area contributed by atoms with Crippen LogP contribution in [0.2, 0.25) is 0 Å². The van der Waals surface area contributed by atoms with Crippen molar-refractivity contribution in [1.29, 1.82) is 0 Å². The Bertz CT molecular complexity index is 312. The third kappa shape index (κ3) is 4.91. The Morgan fingerprint density at radius 2 is 1.94 bits per heavy atom. The number of carbonyl (C=O) groups is 2. The van der Waals surface area contributed by atoms with Crippen LogP contribution >= 0.6 is 0 Å². The Kier molecular flexibility index (Phi) is 4.95. The molecule has 0 aromatic carbocycles. The van der Waals surface area contributed by atoms with Gasteiger partial charge in [-0.15, -0.1) is 0 Å². The second kappa shape index (κ2) is 6.04. The van der Waals surface area contributed by atoms with E-state index < -0.39 is 11.7 Å². The number of ether oxygens (including phenoxy) is 2. The Morgan fingerprint density at radius 1 is 1.28 bits per heavy atom. The van der Waals surface area contributed by atoms with Gasteiger partial charge >= 0.3 is 12.1 Å². The molecule has 18 heavy (non-hydrogen) atoms. The van der Waals surface area contributed by atoms with E-state index >= 15 is 0 Å². The number of rotatable bonds is 2. The minimum absolute atomic E-state index is 0.113. The molecular weight excluding hydrogens is 236 g/mol. The van der Waals surface area contributed by atoms with E-state index in [4.69, 9.17) is 9.47 Å². The maximum atomic E-state index is 11.6. The van der Waals surface area contributed by atoms with Crippen LogP contribution in [-0.2, 0) is 14.3 Å². The molecule has 0 saturated carbocycles. The van der Waals surface area contributed by atoms with Crippen LogP contribution in [0.5, 0.6) is 0 Å². The molecule has 0 aromatic heterocycles. The van der Waals surface area contributed by atoms with Gasteiger partial charge in [0, 0.05) is 19.1 Å². The largest absolute Gasteiger partial charge is 0.469 e. The van der Waals surface area contributed by atoms with E-state index in [2.05, 4.69) is 10.6 Å². The molecule has 0 aromatic rings. The Morgan fingerprint density at radius 3 is 2.50 bits per heavy atom. The Labute approximate surface area is 107 Å². The SMILES string of the molecule is COC(=O)[C@H]1CNC[C@@H](NC(=O)OC(C)(C)C)C1. The fourth-order valence-electron chi connectivity index (χ4n) is 1.87. The van der Waals surface area contributed by atoms with Gasteiger partial charge in [-0.2, -0.15) is 0 Å². The predicted octanol–water partition coefficient (Wildman–Crippen LogP) is 0.662. The van der Waals surface area contributed by atoms with Gasteiger partial charge < -0.3 is 20.1 Å². The van der Waals surface area contributed by atoms with Crippen molar-refractivity contribution in [2.24, 2.45) is 5.92 Å². The van der Waals surface area contributed by atoms with Crippen LogP contribution in [0.4, 0.5) is 4.79 Å². The lowest BCUT2D eigenvalue weighted by Gasteiger charge is -2.30. The van der Waals surface area contributed by atoms with Crippen LogP contribution in [-0.4, -0.2) is 43.9 Å². The molecule has 104 valence electrons. The quantitative estimate of drug-likeness (QED) is 0.712. The maximum Gasteiger partial charge on any atom is 0.407 e. The maximum absolute atomic E-state index is 11.6. The van der Waals surface area contributed by atoms with E-state index in [-0.39, 0.29) is 17.9 Å². The molecular formula is C12H22N2O4. The molecule has 2 N–H and O–H groups in total. The third-order valence-corrected chi connectivity index (χ3v) is 2.61. The molecule has 2 atom stereocenters. The van der Waals surface area contributed by atoms with Gasteiger partial charge in [0.2, 0.25) is 0 Å². The Hall–Kier alpha value is -1.30. The van der Waals surface area contributed by atoms with Crippen molar-refractivity contribution in [2.75, 3.05) is 20.2 Å². The summed E-state index contributed by atoms with van der Waals surface area (Å²) in [6.07, 6.45) is 0.110. The molecule has 1 aliphatic rings. The molecule has 6 heteroatoms. The van der Waals surface area contributed by atoms with Crippen LogP contribution in [0.3, 0.4) is 0 Å². The average molecular weight is 258 g/mol. The minimum Gasteiger partial charge on any atom is -0.469 e. The lowest BCUT2D eigenvalue weighted by atomic mass is 9.96. The second-order valence-corrected chi connectivity index (χ2v) is 5.46. The highest BCUT2D eigenvalue weighted by molar-refractivity contribution is 5.73. The normalized spacial score (nSPS) is 24.2. The molecule has 0 aliphatic carbocycles. The predicted molar refractivity (Wildman–Crippen MR) is 66.2 cm³/mol. The molecule has 1 aliphatic heterocycles. The molecule has 0 unspecified atom stereocenters. The number of nitrogens with one attached hydrogen (secondary N) is 2. The van der Waals surface area contributed by atoms with Gasteiger partial charge in [-0.1, -0.05) is 0 Å². The summed E-state index contributed by atoms with van der Waals surface area (Å²) in [5, 5.41) is 5.85.